The number of rotatable bonds is 5. The van der Waals surface area contributed by atoms with Gasteiger partial charge in [0, 0.05) is 32.1 Å². The minimum absolute atomic E-state index is 0.0362. The average molecular weight is 461 g/mol. The highest BCUT2D eigenvalue weighted by Gasteiger charge is 2.36. The van der Waals surface area contributed by atoms with Crippen molar-refractivity contribution in [3.8, 4) is 0 Å². The molecule has 0 radical (unpaired) electrons. The van der Waals surface area contributed by atoms with Gasteiger partial charge in [0.25, 0.3) is 0 Å². The number of carbonyl (C=O) groups excluding carboxylic acids is 2. The first-order valence-corrected chi connectivity index (χ1v) is 12.0. The molecule has 1 unspecified atom stereocenters. The maximum absolute atomic E-state index is 13.4. The Bertz CT molecular complexity index is 902. The predicted molar refractivity (Wildman–Crippen MR) is 109 cm³/mol. The Morgan fingerprint density at radius 2 is 1.87 bits per heavy atom. The van der Waals surface area contributed by atoms with Gasteiger partial charge in [-0.1, -0.05) is 11.6 Å². The molecule has 0 saturated carbocycles. The van der Waals surface area contributed by atoms with Crippen LogP contribution in [0.25, 0.3) is 0 Å². The monoisotopic (exact) mass is 460 g/mol. The molecule has 2 aliphatic rings. The molecule has 10 heteroatoms. The topological polar surface area (TPSA) is 84.0 Å². The van der Waals surface area contributed by atoms with Crippen molar-refractivity contribution < 1.29 is 27.1 Å². The molecular formula is C20H26ClFN2O5S. The summed E-state index contributed by atoms with van der Waals surface area (Å²) in [5, 5.41) is -0.248. The van der Waals surface area contributed by atoms with Gasteiger partial charge < -0.3 is 9.64 Å². The molecule has 30 heavy (non-hydrogen) atoms. The van der Waals surface area contributed by atoms with E-state index in [-0.39, 0.29) is 46.7 Å². The van der Waals surface area contributed by atoms with Crippen molar-refractivity contribution in [2.75, 3.05) is 32.8 Å². The van der Waals surface area contributed by atoms with Crippen LogP contribution in [0.3, 0.4) is 0 Å². The van der Waals surface area contributed by atoms with Crippen LogP contribution in [0.5, 0.6) is 0 Å². The van der Waals surface area contributed by atoms with Crippen molar-refractivity contribution in [1.82, 2.24) is 9.21 Å². The van der Waals surface area contributed by atoms with E-state index in [2.05, 4.69) is 0 Å². The minimum Gasteiger partial charge on any atom is -0.466 e. The van der Waals surface area contributed by atoms with Crippen molar-refractivity contribution in [3.63, 3.8) is 0 Å². The summed E-state index contributed by atoms with van der Waals surface area (Å²) in [7, 11) is -3.81. The highest BCUT2D eigenvalue weighted by molar-refractivity contribution is 7.89. The Morgan fingerprint density at radius 1 is 1.17 bits per heavy atom. The SMILES string of the molecule is CCOC(=O)C1CCCN(C(=O)C2CCN(S(=O)(=O)c3ccc(F)c(Cl)c3)CC2)C1. The third-order valence-electron chi connectivity index (χ3n) is 5.69. The van der Waals surface area contributed by atoms with E-state index in [1.807, 2.05) is 0 Å². The van der Waals surface area contributed by atoms with Gasteiger partial charge in [0.05, 0.1) is 22.4 Å². The van der Waals surface area contributed by atoms with E-state index in [1.165, 1.54) is 10.4 Å². The summed E-state index contributed by atoms with van der Waals surface area (Å²) >= 11 is 5.72. The minimum atomic E-state index is -3.81. The molecule has 2 aliphatic heterocycles. The molecule has 1 aromatic rings. The third kappa shape index (κ3) is 4.95. The molecule has 3 rings (SSSR count). The summed E-state index contributed by atoms with van der Waals surface area (Å²) < 4.78 is 45.4. The van der Waals surface area contributed by atoms with E-state index >= 15 is 0 Å². The molecule has 7 nitrogen and oxygen atoms in total. The Morgan fingerprint density at radius 3 is 2.50 bits per heavy atom. The Labute approximate surface area is 181 Å². The maximum Gasteiger partial charge on any atom is 0.310 e. The number of hydrogen-bond donors (Lipinski definition) is 0. The largest absolute Gasteiger partial charge is 0.466 e. The molecule has 166 valence electrons. The molecule has 1 aromatic carbocycles. The molecule has 2 fully saturated rings. The van der Waals surface area contributed by atoms with Crippen LogP contribution in [0.2, 0.25) is 5.02 Å². The summed E-state index contributed by atoms with van der Waals surface area (Å²) in [5.41, 5.74) is 0. The van der Waals surface area contributed by atoms with Crippen molar-refractivity contribution in [3.05, 3.63) is 29.0 Å². The van der Waals surface area contributed by atoms with Crippen LogP contribution in [0.4, 0.5) is 4.39 Å². The molecule has 2 saturated heterocycles. The van der Waals surface area contributed by atoms with Gasteiger partial charge in [-0.3, -0.25) is 9.59 Å². The van der Waals surface area contributed by atoms with Crippen LogP contribution in [0.15, 0.2) is 23.1 Å². The molecule has 0 N–H and O–H groups in total. The van der Waals surface area contributed by atoms with E-state index < -0.39 is 15.8 Å². The molecule has 0 aliphatic carbocycles. The molecule has 1 amide bonds. The number of amides is 1. The number of carbonyl (C=O) groups is 2. The van der Waals surface area contributed by atoms with Gasteiger partial charge in [0.2, 0.25) is 15.9 Å². The van der Waals surface area contributed by atoms with E-state index in [0.29, 0.717) is 39.0 Å². The van der Waals surface area contributed by atoms with Gasteiger partial charge in [-0.15, -0.1) is 0 Å². The standard InChI is InChI=1S/C20H26ClFN2O5S/c1-2-29-20(26)15-4-3-9-23(13-15)19(25)14-7-10-24(11-8-14)30(27,28)16-5-6-18(22)17(21)12-16/h5-6,12,14-15H,2-4,7-11,13H2,1H3. The molecular weight excluding hydrogens is 435 g/mol. The number of hydrogen-bond acceptors (Lipinski definition) is 5. The van der Waals surface area contributed by atoms with Crippen molar-refractivity contribution >= 4 is 33.5 Å². The summed E-state index contributed by atoms with van der Waals surface area (Å²) in [4.78, 5) is 26.6. The molecule has 0 aromatic heterocycles. The Balaban J connectivity index is 1.60. The zero-order valence-electron chi connectivity index (χ0n) is 16.9. The fourth-order valence-electron chi connectivity index (χ4n) is 4.02. The summed E-state index contributed by atoms with van der Waals surface area (Å²) in [5.74, 6) is -1.57. The predicted octanol–water partition coefficient (Wildman–Crippen LogP) is 2.68. The van der Waals surface area contributed by atoms with E-state index in [9.17, 15) is 22.4 Å². The van der Waals surface area contributed by atoms with Gasteiger partial charge >= 0.3 is 5.97 Å². The zero-order chi connectivity index (χ0) is 21.9. The maximum atomic E-state index is 13.4. The number of halogens is 2. The molecule has 0 bridgehead atoms. The van der Waals surface area contributed by atoms with Gasteiger partial charge in [-0.05, 0) is 50.8 Å². The van der Waals surface area contributed by atoms with E-state index in [0.717, 1.165) is 18.6 Å². The summed E-state index contributed by atoms with van der Waals surface area (Å²) in [6.07, 6.45) is 2.24. The second-order valence-electron chi connectivity index (χ2n) is 7.63. The number of benzene rings is 1. The quantitative estimate of drug-likeness (QED) is 0.631. The number of piperidine rings is 2. The van der Waals surface area contributed by atoms with Crippen molar-refractivity contribution in [1.29, 1.82) is 0 Å². The fraction of sp³-hybridized carbons (Fsp3) is 0.600. The Hall–Kier alpha value is -1.71. The lowest BCUT2D eigenvalue weighted by Crippen LogP contribution is -2.48. The normalized spacial score (nSPS) is 21.4. The number of nitrogens with zero attached hydrogens (tertiary/aromatic N) is 2. The van der Waals surface area contributed by atoms with Gasteiger partial charge in [-0.25, -0.2) is 12.8 Å². The summed E-state index contributed by atoms with van der Waals surface area (Å²) in [6, 6.07) is 3.32. The van der Waals surface area contributed by atoms with Crippen LogP contribution >= 0.6 is 11.6 Å². The second kappa shape index (κ2) is 9.62. The van der Waals surface area contributed by atoms with Crippen LogP contribution in [-0.2, 0) is 24.3 Å². The zero-order valence-corrected chi connectivity index (χ0v) is 18.4. The van der Waals surface area contributed by atoms with Crippen LogP contribution in [0, 0.1) is 17.7 Å². The fourth-order valence-corrected chi connectivity index (χ4v) is 5.76. The lowest BCUT2D eigenvalue weighted by Gasteiger charge is -2.36. The van der Waals surface area contributed by atoms with Crippen LogP contribution < -0.4 is 0 Å². The number of sulfonamides is 1. The smallest absolute Gasteiger partial charge is 0.310 e. The van der Waals surface area contributed by atoms with Crippen molar-refractivity contribution in [2.24, 2.45) is 11.8 Å². The van der Waals surface area contributed by atoms with Crippen molar-refractivity contribution in [2.45, 2.75) is 37.5 Å². The second-order valence-corrected chi connectivity index (χ2v) is 9.97. The van der Waals surface area contributed by atoms with Gasteiger partial charge in [-0.2, -0.15) is 4.31 Å². The molecule has 2 heterocycles. The number of likely N-dealkylation sites (tertiary alicyclic amines) is 1. The molecule has 0 spiro atoms. The molecule has 1 atom stereocenters. The van der Waals surface area contributed by atoms with Crippen LogP contribution in [0.1, 0.15) is 32.6 Å². The number of esters is 1. The van der Waals surface area contributed by atoms with Gasteiger partial charge in [0.15, 0.2) is 0 Å². The van der Waals surface area contributed by atoms with Gasteiger partial charge in [0.1, 0.15) is 5.82 Å². The van der Waals surface area contributed by atoms with E-state index in [4.69, 9.17) is 16.3 Å². The van der Waals surface area contributed by atoms with Crippen LogP contribution in [-0.4, -0.2) is 62.3 Å². The lowest BCUT2D eigenvalue weighted by molar-refractivity contribution is -0.152. The highest BCUT2D eigenvalue weighted by Crippen LogP contribution is 2.28. The Kier molecular flexibility index (Phi) is 7.36. The average Bonchev–Trinajstić information content (AvgIpc) is 2.75. The lowest BCUT2D eigenvalue weighted by atomic mass is 9.93. The third-order valence-corrected chi connectivity index (χ3v) is 7.87. The summed E-state index contributed by atoms with van der Waals surface area (Å²) in [6.45, 7) is 3.41. The highest BCUT2D eigenvalue weighted by atomic mass is 35.5. The first kappa shape index (κ1) is 23.0. The first-order valence-electron chi connectivity index (χ1n) is 10.1. The van der Waals surface area contributed by atoms with E-state index in [1.54, 1.807) is 11.8 Å². The first-order chi connectivity index (χ1) is 14.2. The number of ether oxygens (including phenoxy) is 1.